The maximum atomic E-state index is 13.2. The van der Waals surface area contributed by atoms with Crippen molar-refractivity contribution >= 4 is 17.7 Å². The van der Waals surface area contributed by atoms with E-state index < -0.39 is 12.0 Å². The smallest absolute Gasteiger partial charge is 0.338 e. The maximum Gasteiger partial charge on any atom is 0.338 e. The van der Waals surface area contributed by atoms with Gasteiger partial charge in [0.2, 0.25) is 0 Å². The van der Waals surface area contributed by atoms with Gasteiger partial charge in [0.05, 0.1) is 24.3 Å². The van der Waals surface area contributed by atoms with Crippen LogP contribution in [0.1, 0.15) is 44.9 Å². The summed E-state index contributed by atoms with van der Waals surface area (Å²) in [6, 6.07) is 15.4. The highest BCUT2D eigenvalue weighted by molar-refractivity contribution is 5.95. The van der Waals surface area contributed by atoms with Crippen molar-refractivity contribution in [1.29, 1.82) is 0 Å². The van der Waals surface area contributed by atoms with E-state index in [1.54, 1.807) is 6.92 Å². The van der Waals surface area contributed by atoms with Gasteiger partial charge in [-0.3, -0.25) is 4.90 Å². The van der Waals surface area contributed by atoms with Crippen LogP contribution in [0.15, 0.2) is 59.8 Å². The van der Waals surface area contributed by atoms with Crippen LogP contribution >= 0.6 is 0 Å². The van der Waals surface area contributed by atoms with E-state index in [2.05, 4.69) is 58.5 Å². The van der Waals surface area contributed by atoms with Crippen LogP contribution in [-0.4, -0.2) is 61.8 Å². The lowest BCUT2D eigenvalue weighted by molar-refractivity contribution is -0.139. The van der Waals surface area contributed by atoms with E-state index in [-0.39, 0.29) is 24.8 Å². The minimum atomic E-state index is -0.609. The van der Waals surface area contributed by atoms with Gasteiger partial charge in [-0.1, -0.05) is 24.3 Å². The van der Waals surface area contributed by atoms with Crippen LogP contribution < -0.4 is 20.3 Å². The Balaban J connectivity index is 1.57. The minimum absolute atomic E-state index is 0.0554. The molecule has 2 amide bonds. The van der Waals surface area contributed by atoms with Gasteiger partial charge in [0.15, 0.2) is 0 Å². The zero-order chi connectivity index (χ0) is 26.5. The van der Waals surface area contributed by atoms with Crippen molar-refractivity contribution in [2.75, 3.05) is 37.7 Å². The molecular formula is C29H38N4O4. The van der Waals surface area contributed by atoms with Gasteiger partial charge in [-0.2, -0.15) is 0 Å². The lowest BCUT2D eigenvalue weighted by Crippen LogP contribution is -2.54. The largest absolute Gasteiger partial charge is 0.491 e. The Morgan fingerprint density at radius 2 is 1.89 bits per heavy atom. The van der Waals surface area contributed by atoms with E-state index in [1.807, 2.05) is 38.1 Å². The number of hydrogen-bond donors (Lipinski definition) is 2. The van der Waals surface area contributed by atoms with Crippen LogP contribution in [0.4, 0.5) is 10.5 Å². The number of nitrogens with one attached hydrogen (secondary N) is 2. The summed E-state index contributed by atoms with van der Waals surface area (Å²) in [5.74, 6) is 0.310. The van der Waals surface area contributed by atoms with Crippen molar-refractivity contribution in [2.45, 2.75) is 52.8 Å². The number of ether oxygens (including phenoxy) is 2. The molecule has 2 aliphatic heterocycles. The average Bonchev–Trinajstić information content (AvgIpc) is 2.84. The van der Waals surface area contributed by atoms with Crippen molar-refractivity contribution < 1.29 is 19.1 Å². The third kappa shape index (κ3) is 6.43. The molecule has 1 fully saturated rings. The molecule has 8 nitrogen and oxygen atoms in total. The Bertz CT molecular complexity index is 1140. The average molecular weight is 507 g/mol. The summed E-state index contributed by atoms with van der Waals surface area (Å²) in [7, 11) is 0. The molecule has 2 heterocycles. The number of amides is 2. The van der Waals surface area contributed by atoms with Crippen molar-refractivity contribution in [3.05, 3.63) is 70.9 Å². The van der Waals surface area contributed by atoms with E-state index in [0.29, 0.717) is 17.8 Å². The fraction of sp³-hybridized carbons (Fsp3) is 0.448. The van der Waals surface area contributed by atoms with E-state index >= 15 is 0 Å². The summed E-state index contributed by atoms with van der Waals surface area (Å²) >= 11 is 0. The Labute approximate surface area is 219 Å². The molecule has 37 heavy (non-hydrogen) atoms. The van der Waals surface area contributed by atoms with Crippen LogP contribution in [0, 0.1) is 6.92 Å². The summed E-state index contributed by atoms with van der Waals surface area (Å²) in [5, 5.41) is 5.82. The van der Waals surface area contributed by atoms with Gasteiger partial charge in [0, 0.05) is 43.6 Å². The molecular weight excluding hydrogens is 468 g/mol. The number of piperazine rings is 1. The standard InChI is InChI=1S/C29H38N4O4/c1-6-36-28(34)26-25(18-32-14-15-33(21(5)17-32)23-9-7-8-20(4)16-23)30-29(35)31-27(26)22-10-12-24(13-11-22)37-19(2)3/h7-13,16,19,21,27H,6,14-15,17-18H2,1-5H3,(H2,30,31,35)/t21-,27+/m1/s1. The molecule has 0 unspecified atom stereocenters. The van der Waals surface area contributed by atoms with E-state index in [1.165, 1.54) is 11.3 Å². The zero-order valence-corrected chi connectivity index (χ0v) is 22.4. The number of carbonyl (C=O) groups excluding carboxylic acids is 2. The van der Waals surface area contributed by atoms with Gasteiger partial charge in [0.1, 0.15) is 5.75 Å². The summed E-state index contributed by atoms with van der Waals surface area (Å²) in [5.41, 5.74) is 4.28. The lowest BCUT2D eigenvalue weighted by atomic mass is 9.94. The minimum Gasteiger partial charge on any atom is -0.491 e. The molecule has 1 saturated heterocycles. The first-order valence-electron chi connectivity index (χ1n) is 13.0. The molecule has 4 rings (SSSR count). The summed E-state index contributed by atoms with van der Waals surface area (Å²) in [6.45, 7) is 13.2. The number of anilines is 1. The highest BCUT2D eigenvalue weighted by Gasteiger charge is 2.35. The van der Waals surface area contributed by atoms with Crippen molar-refractivity contribution in [3.63, 3.8) is 0 Å². The number of rotatable bonds is 8. The van der Waals surface area contributed by atoms with Crippen molar-refractivity contribution in [3.8, 4) is 5.75 Å². The molecule has 2 aromatic rings. The Hall–Kier alpha value is -3.52. The van der Waals surface area contributed by atoms with Crippen LogP contribution in [0.5, 0.6) is 5.75 Å². The number of urea groups is 1. The van der Waals surface area contributed by atoms with Crippen LogP contribution in [0.2, 0.25) is 0 Å². The van der Waals surface area contributed by atoms with Gasteiger partial charge >= 0.3 is 12.0 Å². The van der Waals surface area contributed by atoms with Gasteiger partial charge in [-0.05, 0) is 70.0 Å². The maximum absolute atomic E-state index is 13.2. The van der Waals surface area contributed by atoms with E-state index in [0.717, 1.165) is 30.9 Å². The molecule has 0 saturated carbocycles. The fourth-order valence-corrected chi connectivity index (χ4v) is 5.04. The number of esters is 1. The quantitative estimate of drug-likeness (QED) is 0.523. The van der Waals surface area contributed by atoms with Crippen LogP contribution in [0.25, 0.3) is 0 Å². The third-order valence-electron chi connectivity index (χ3n) is 6.66. The number of benzene rings is 2. The predicted molar refractivity (Wildman–Crippen MR) is 145 cm³/mol. The second-order valence-electron chi connectivity index (χ2n) is 10.00. The number of hydrogen-bond acceptors (Lipinski definition) is 6. The third-order valence-corrected chi connectivity index (χ3v) is 6.66. The van der Waals surface area contributed by atoms with Gasteiger partial charge in [-0.15, -0.1) is 0 Å². The fourth-order valence-electron chi connectivity index (χ4n) is 5.04. The zero-order valence-electron chi connectivity index (χ0n) is 22.4. The van der Waals surface area contributed by atoms with E-state index in [9.17, 15) is 9.59 Å². The SMILES string of the molecule is CCOC(=O)C1=C(CN2CCN(c3cccc(C)c3)[C@H](C)C2)NC(=O)N[C@H]1c1ccc(OC(C)C)cc1. The molecule has 2 aromatic carbocycles. The van der Waals surface area contributed by atoms with Crippen LogP contribution in [-0.2, 0) is 9.53 Å². The normalized spacial score (nSPS) is 20.5. The molecule has 0 radical (unpaired) electrons. The highest BCUT2D eigenvalue weighted by Crippen LogP contribution is 2.30. The Morgan fingerprint density at radius 1 is 1.14 bits per heavy atom. The first-order chi connectivity index (χ1) is 17.7. The molecule has 2 atom stereocenters. The predicted octanol–water partition coefficient (Wildman–Crippen LogP) is 4.16. The number of carbonyl (C=O) groups is 2. The summed E-state index contributed by atoms with van der Waals surface area (Å²) in [6.07, 6.45) is 0.0554. The van der Waals surface area contributed by atoms with Gasteiger partial charge < -0.3 is 25.0 Å². The molecule has 2 aliphatic rings. The molecule has 0 aliphatic carbocycles. The molecule has 2 N–H and O–H groups in total. The van der Waals surface area contributed by atoms with E-state index in [4.69, 9.17) is 9.47 Å². The molecule has 0 aromatic heterocycles. The summed E-state index contributed by atoms with van der Waals surface area (Å²) < 4.78 is 11.2. The first-order valence-corrected chi connectivity index (χ1v) is 13.0. The second-order valence-corrected chi connectivity index (χ2v) is 10.00. The Kier molecular flexibility index (Phi) is 8.38. The van der Waals surface area contributed by atoms with Crippen LogP contribution in [0.3, 0.4) is 0 Å². The highest BCUT2D eigenvalue weighted by atomic mass is 16.5. The van der Waals surface area contributed by atoms with Gasteiger partial charge in [-0.25, -0.2) is 9.59 Å². The van der Waals surface area contributed by atoms with Crippen molar-refractivity contribution in [1.82, 2.24) is 15.5 Å². The number of aryl methyl sites for hydroxylation is 1. The number of nitrogens with zero attached hydrogens (tertiary/aromatic N) is 2. The first kappa shape index (κ1) is 26.5. The monoisotopic (exact) mass is 506 g/mol. The molecule has 8 heteroatoms. The molecule has 0 spiro atoms. The topological polar surface area (TPSA) is 83.1 Å². The summed E-state index contributed by atoms with van der Waals surface area (Å²) in [4.78, 5) is 30.6. The second kappa shape index (κ2) is 11.7. The molecule has 198 valence electrons. The lowest BCUT2D eigenvalue weighted by Gasteiger charge is -2.42. The van der Waals surface area contributed by atoms with Gasteiger partial charge in [0.25, 0.3) is 0 Å². The van der Waals surface area contributed by atoms with Crippen molar-refractivity contribution in [2.24, 2.45) is 0 Å². The molecule has 0 bridgehead atoms. The Morgan fingerprint density at radius 3 is 2.54 bits per heavy atom.